The van der Waals surface area contributed by atoms with Crippen LogP contribution < -0.4 is 0 Å². The van der Waals surface area contributed by atoms with Gasteiger partial charge in [-0.3, -0.25) is 0 Å². The molecule has 10 aromatic rings. The van der Waals surface area contributed by atoms with Crippen LogP contribution in [-0.2, 0) is 5.41 Å². The summed E-state index contributed by atoms with van der Waals surface area (Å²) in [5.41, 5.74) is 13.1. The second-order valence-corrected chi connectivity index (χ2v) is 14.4. The van der Waals surface area contributed by atoms with Gasteiger partial charge in [0.2, 0.25) is 0 Å². The van der Waals surface area contributed by atoms with Crippen molar-refractivity contribution >= 4 is 43.7 Å². The molecule has 3 aromatic heterocycles. The van der Waals surface area contributed by atoms with E-state index in [4.69, 9.17) is 19.4 Å². The Hall–Kier alpha value is -6.85. The summed E-state index contributed by atoms with van der Waals surface area (Å²) in [7, 11) is 0. The van der Waals surface area contributed by atoms with Crippen molar-refractivity contribution in [2.24, 2.45) is 0 Å². The van der Waals surface area contributed by atoms with Gasteiger partial charge in [0, 0.05) is 43.8 Å². The molecule has 5 nitrogen and oxygen atoms in total. The topological polar surface area (TPSA) is 56.7 Å². The van der Waals surface area contributed by atoms with Crippen molar-refractivity contribution in [3.05, 3.63) is 169 Å². The number of para-hydroxylation sites is 3. The average Bonchev–Trinajstić information content (AvgIpc) is 3.84. The number of aromatic nitrogens is 4. The van der Waals surface area contributed by atoms with Crippen LogP contribution in [0.3, 0.4) is 0 Å². The largest absolute Gasteiger partial charge is 0.455 e. The molecule has 7 aromatic carbocycles. The lowest BCUT2D eigenvalue weighted by molar-refractivity contribution is 0.661. The van der Waals surface area contributed by atoms with Gasteiger partial charge < -0.3 is 8.98 Å². The van der Waals surface area contributed by atoms with Crippen LogP contribution in [0.4, 0.5) is 0 Å². The highest BCUT2D eigenvalue weighted by atomic mass is 16.3. The third-order valence-electron chi connectivity index (χ3n) is 11.1. The Labute approximate surface area is 305 Å². The minimum Gasteiger partial charge on any atom is -0.455 e. The summed E-state index contributed by atoms with van der Waals surface area (Å²) in [5, 5.41) is 4.66. The molecule has 0 fully saturated rings. The van der Waals surface area contributed by atoms with Crippen molar-refractivity contribution in [1.29, 1.82) is 0 Å². The maximum atomic E-state index is 6.41. The Morgan fingerprint density at radius 2 is 1.11 bits per heavy atom. The molecule has 0 N–H and O–H groups in total. The molecule has 0 amide bonds. The standard InChI is InChI=1S/C48H32N4O/c1-48(2)37-20-9-6-16-34(37)42-38(48)27-28-40-43(42)35-17-7-10-21-39(35)52(40)31-25-23-30(24-26-31)46-49-45(29-13-4-3-5-14-29)50-47(51-46)36-19-12-18-33-32-15-8-11-22-41(32)53-44(33)36/h3-28H,1-2H3. The van der Waals surface area contributed by atoms with Crippen molar-refractivity contribution in [2.45, 2.75) is 19.3 Å². The van der Waals surface area contributed by atoms with E-state index in [-0.39, 0.29) is 5.41 Å². The van der Waals surface area contributed by atoms with Gasteiger partial charge in [-0.05, 0) is 70.8 Å². The van der Waals surface area contributed by atoms with Crippen LogP contribution in [0.15, 0.2) is 162 Å². The summed E-state index contributed by atoms with van der Waals surface area (Å²) in [6.07, 6.45) is 0. The molecule has 11 rings (SSSR count). The molecular formula is C48H32N4O. The van der Waals surface area contributed by atoms with Crippen molar-refractivity contribution < 1.29 is 4.42 Å². The van der Waals surface area contributed by atoms with E-state index in [1.165, 1.54) is 44.1 Å². The van der Waals surface area contributed by atoms with Gasteiger partial charge >= 0.3 is 0 Å². The van der Waals surface area contributed by atoms with Gasteiger partial charge in [0.25, 0.3) is 0 Å². The van der Waals surface area contributed by atoms with Gasteiger partial charge in [-0.25, -0.2) is 15.0 Å². The van der Waals surface area contributed by atoms with Gasteiger partial charge in [0.05, 0.1) is 16.6 Å². The highest BCUT2D eigenvalue weighted by molar-refractivity contribution is 6.18. The predicted molar refractivity (Wildman–Crippen MR) is 215 cm³/mol. The van der Waals surface area contributed by atoms with Crippen LogP contribution in [0.5, 0.6) is 0 Å². The molecule has 0 bridgehead atoms. The lowest BCUT2D eigenvalue weighted by atomic mass is 9.82. The minimum absolute atomic E-state index is 0.0666. The number of hydrogen-bond donors (Lipinski definition) is 0. The van der Waals surface area contributed by atoms with Crippen LogP contribution in [0, 0.1) is 0 Å². The first kappa shape index (κ1) is 29.8. The highest BCUT2D eigenvalue weighted by Crippen LogP contribution is 2.53. The fraction of sp³-hybridized carbons (Fsp3) is 0.0625. The Balaban J connectivity index is 1.08. The molecule has 250 valence electrons. The van der Waals surface area contributed by atoms with Crippen LogP contribution in [0.1, 0.15) is 25.0 Å². The Bertz CT molecular complexity index is 3080. The van der Waals surface area contributed by atoms with Gasteiger partial charge in [-0.2, -0.15) is 0 Å². The summed E-state index contributed by atoms with van der Waals surface area (Å²) in [5.74, 6) is 1.79. The number of nitrogens with zero attached hydrogens (tertiary/aromatic N) is 4. The van der Waals surface area contributed by atoms with E-state index in [1.54, 1.807) is 0 Å². The molecule has 1 aliphatic carbocycles. The summed E-state index contributed by atoms with van der Waals surface area (Å²) in [6, 6.07) is 55.3. The van der Waals surface area contributed by atoms with Crippen molar-refractivity contribution in [2.75, 3.05) is 0 Å². The summed E-state index contributed by atoms with van der Waals surface area (Å²) in [6.45, 7) is 4.68. The minimum atomic E-state index is -0.0666. The molecule has 0 aliphatic heterocycles. The van der Waals surface area contributed by atoms with Crippen LogP contribution in [0.2, 0.25) is 0 Å². The Morgan fingerprint density at radius 1 is 0.472 bits per heavy atom. The highest BCUT2D eigenvalue weighted by Gasteiger charge is 2.37. The Morgan fingerprint density at radius 3 is 1.94 bits per heavy atom. The zero-order chi connectivity index (χ0) is 35.3. The van der Waals surface area contributed by atoms with Crippen LogP contribution >= 0.6 is 0 Å². The monoisotopic (exact) mass is 680 g/mol. The molecule has 0 radical (unpaired) electrons. The van der Waals surface area contributed by atoms with E-state index in [1.807, 2.05) is 60.7 Å². The normalized spacial score (nSPS) is 13.2. The van der Waals surface area contributed by atoms with E-state index in [2.05, 4.69) is 115 Å². The number of fused-ring (bicyclic) bond motifs is 10. The van der Waals surface area contributed by atoms with Gasteiger partial charge in [0.1, 0.15) is 11.2 Å². The third kappa shape index (κ3) is 4.34. The second-order valence-electron chi connectivity index (χ2n) is 14.4. The molecule has 0 spiro atoms. The first-order chi connectivity index (χ1) is 26.0. The zero-order valence-electron chi connectivity index (χ0n) is 29.2. The Kier molecular flexibility index (Phi) is 6.23. The number of hydrogen-bond acceptors (Lipinski definition) is 4. The fourth-order valence-electron chi connectivity index (χ4n) is 8.56. The summed E-state index contributed by atoms with van der Waals surface area (Å²) in [4.78, 5) is 15.1. The third-order valence-corrected chi connectivity index (χ3v) is 11.1. The van der Waals surface area contributed by atoms with Crippen molar-refractivity contribution in [3.8, 4) is 51.0 Å². The van der Waals surface area contributed by atoms with E-state index in [0.717, 1.165) is 44.3 Å². The molecule has 0 atom stereocenters. The van der Waals surface area contributed by atoms with Crippen LogP contribution in [-0.4, -0.2) is 19.5 Å². The van der Waals surface area contributed by atoms with E-state index in [0.29, 0.717) is 17.5 Å². The predicted octanol–water partition coefficient (Wildman–Crippen LogP) is 12.2. The second kappa shape index (κ2) is 11.1. The fourth-order valence-corrected chi connectivity index (χ4v) is 8.56. The van der Waals surface area contributed by atoms with Crippen molar-refractivity contribution in [3.63, 3.8) is 0 Å². The van der Waals surface area contributed by atoms with Gasteiger partial charge in [-0.15, -0.1) is 0 Å². The maximum Gasteiger partial charge on any atom is 0.167 e. The van der Waals surface area contributed by atoms with Crippen LogP contribution in [0.25, 0.3) is 94.7 Å². The molecule has 0 unspecified atom stereocenters. The van der Waals surface area contributed by atoms with Gasteiger partial charge in [0.15, 0.2) is 17.5 Å². The average molecular weight is 681 g/mol. The summed E-state index contributed by atoms with van der Waals surface area (Å²) >= 11 is 0. The first-order valence-corrected chi connectivity index (χ1v) is 18.0. The van der Waals surface area contributed by atoms with E-state index < -0.39 is 0 Å². The number of benzene rings is 7. The quantitative estimate of drug-likeness (QED) is 0.186. The molecule has 0 saturated carbocycles. The van der Waals surface area contributed by atoms with Gasteiger partial charge in [-0.1, -0.05) is 123 Å². The number of rotatable bonds is 4. The molecule has 3 heterocycles. The van der Waals surface area contributed by atoms with E-state index >= 15 is 0 Å². The maximum absolute atomic E-state index is 6.41. The SMILES string of the molecule is CC1(C)c2ccccc2-c2c1ccc1c2c2ccccc2n1-c1ccc(-c2nc(-c3ccccc3)nc(-c3cccc4c3oc3ccccc34)n2)cc1. The molecule has 5 heteroatoms. The van der Waals surface area contributed by atoms with E-state index in [9.17, 15) is 0 Å². The smallest absolute Gasteiger partial charge is 0.167 e. The molecule has 53 heavy (non-hydrogen) atoms. The molecular weight excluding hydrogens is 649 g/mol. The zero-order valence-corrected chi connectivity index (χ0v) is 29.2. The number of furan rings is 1. The molecule has 0 saturated heterocycles. The molecule has 1 aliphatic rings. The lowest BCUT2D eigenvalue weighted by Crippen LogP contribution is -2.14. The first-order valence-electron chi connectivity index (χ1n) is 18.0. The lowest BCUT2D eigenvalue weighted by Gasteiger charge is -2.21. The summed E-state index contributed by atoms with van der Waals surface area (Å²) < 4.78 is 8.80. The van der Waals surface area contributed by atoms with Crippen molar-refractivity contribution in [1.82, 2.24) is 19.5 Å².